The molecule has 1 heterocycles. The molecule has 0 N–H and O–H groups in total. The molecular weight excluding hydrogens is 426 g/mol. The van der Waals surface area contributed by atoms with Gasteiger partial charge < -0.3 is 9.64 Å². The summed E-state index contributed by atoms with van der Waals surface area (Å²) in [5.74, 6) is 4.20. The number of rotatable bonds is 3. The summed E-state index contributed by atoms with van der Waals surface area (Å²) in [6.45, 7) is 7.48. The van der Waals surface area contributed by atoms with Gasteiger partial charge in [0, 0.05) is 29.8 Å². The number of nitrogens with zero attached hydrogens (tertiary/aromatic N) is 1. The minimum absolute atomic E-state index is 0.245. The minimum atomic E-state index is 0.245. The number of benzene rings is 1. The Kier molecular flexibility index (Phi) is 5.57. The predicted molar refractivity (Wildman–Crippen MR) is 127 cm³/mol. The number of carbonyl (C=O) groups is 1. The summed E-state index contributed by atoms with van der Waals surface area (Å²) in [5.41, 5.74) is 0.518. The zero-order valence-corrected chi connectivity index (χ0v) is 20.8. The van der Waals surface area contributed by atoms with E-state index in [2.05, 4.69) is 44.9 Å². The van der Waals surface area contributed by atoms with Crippen molar-refractivity contribution < 1.29 is 9.53 Å². The summed E-state index contributed by atoms with van der Waals surface area (Å²) in [7, 11) is 9.18. The van der Waals surface area contributed by atoms with E-state index >= 15 is 0 Å². The molecule has 3 nitrogen and oxygen atoms in total. The van der Waals surface area contributed by atoms with E-state index in [0.29, 0.717) is 24.0 Å². The molecule has 1 aromatic rings. The molecule has 0 radical (unpaired) electrons. The summed E-state index contributed by atoms with van der Waals surface area (Å²) in [4.78, 5) is 15.6. The number of fused-ring (bicyclic) bond motifs is 5. The quantitative estimate of drug-likeness (QED) is 0.496. The highest BCUT2D eigenvalue weighted by molar-refractivity contribution is 8.21. The lowest BCUT2D eigenvalue weighted by Gasteiger charge is -2.63. The van der Waals surface area contributed by atoms with E-state index in [9.17, 15) is 4.79 Å². The molecular formula is C26H36ClNO2S. The predicted octanol–water partition coefficient (Wildman–Crippen LogP) is 6.79. The normalized spacial score (nSPS) is 44.4. The van der Waals surface area contributed by atoms with Gasteiger partial charge in [-0.3, -0.25) is 4.79 Å². The summed E-state index contributed by atoms with van der Waals surface area (Å²) >= 11 is 0. The molecule has 3 unspecified atom stereocenters. The second-order valence-electron chi connectivity index (χ2n) is 11.3. The number of piperidine rings is 1. The van der Waals surface area contributed by atoms with Gasteiger partial charge in [0.05, 0.1) is 0 Å². The molecule has 3 aliphatic carbocycles. The van der Waals surface area contributed by atoms with Gasteiger partial charge in [-0.1, -0.05) is 20.8 Å². The zero-order chi connectivity index (χ0) is 22.0. The molecule has 0 spiro atoms. The zero-order valence-electron chi connectivity index (χ0n) is 19.3. The Bertz CT molecular complexity index is 846. The van der Waals surface area contributed by atoms with E-state index < -0.39 is 0 Å². The number of halogens is 1. The molecule has 0 bridgehead atoms. The smallest absolute Gasteiger partial charge is 0.222 e. The molecule has 5 rings (SSSR count). The molecule has 0 aromatic heterocycles. The SMILES string of the molecule is CC1CC2N(C)C(=O)CC[C@]2(C)[C@@H]2CC[C@]3(C)C(Oc4ccc(SCl)cc4)CC[C@H]3[C@H]12. The van der Waals surface area contributed by atoms with Crippen LogP contribution >= 0.6 is 21.7 Å². The van der Waals surface area contributed by atoms with Crippen LogP contribution in [0.25, 0.3) is 0 Å². The highest BCUT2D eigenvalue weighted by Crippen LogP contribution is 2.66. The van der Waals surface area contributed by atoms with Crippen LogP contribution in [0.1, 0.15) is 65.7 Å². The van der Waals surface area contributed by atoms with Gasteiger partial charge in [0.15, 0.2) is 0 Å². The average Bonchev–Trinajstić information content (AvgIpc) is 3.09. The van der Waals surface area contributed by atoms with Crippen molar-refractivity contribution >= 4 is 27.6 Å². The molecule has 1 aliphatic heterocycles. The molecule has 170 valence electrons. The van der Waals surface area contributed by atoms with Gasteiger partial charge in [-0.2, -0.15) is 0 Å². The first-order valence-corrected chi connectivity index (χ1v) is 13.7. The third-order valence-corrected chi connectivity index (χ3v) is 11.0. The Morgan fingerprint density at radius 2 is 1.77 bits per heavy atom. The maximum Gasteiger partial charge on any atom is 0.222 e. The summed E-state index contributed by atoms with van der Waals surface area (Å²) < 4.78 is 6.62. The van der Waals surface area contributed by atoms with Crippen LogP contribution in [-0.2, 0) is 4.79 Å². The Balaban J connectivity index is 1.39. The molecule has 1 saturated heterocycles. The number of hydrogen-bond acceptors (Lipinski definition) is 3. The third-order valence-electron chi connectivity index (χ3n) is 10.0. The van der Waals surface area contributed by atoms with Crippen molar-refractivity contribution in [1.29, 1.82) is 0 Å². The van der Waals surface area contributed by atoms with Crippen molar-refractivity contribution in [3.63, 3.8) is 0 Å². The van der Waals surface area contributed by atoms with Gasteiger partial charge in [0.2, 0.25) is 5.91 Å². The Morgan fingerprint density at radius 1 is 1.06 bits per heavy atom. The number of carbonyl (C=O) groups excluding carboxylic acids is 1. The fourth-order valence-electron chi connectivity index (χ4n) is 8.34. The number of amides is 1. The van der Waals surface area contributed by atoms with E-state index in [0.717, 1.165) is 54.1 Å². The summed E-state index contributed by atoms with van der Waals surface area (Å²) in [6.07, 6.45) is 8.20. The van der Waals surface area contributed by atoms with Crippen LogP contribution < -0.4 is 4.74 Å². The van der Waals surface area contributed by atoms with E-state index in [1.807, 2.05) is 12.1 Å². The number of likely N-dealkylation sites (tertiary alicyclic amines) is 1. The van der Waals surface area contributed by atoms with Crippen molar-refractivity contribution in [1.82, 2.24) is 4.90 Å². The first kappa shape index (κ1) is 21.9. The highest BCUT2D eigenvalue weighted by Gasteiger charge is 2.63. The first-order chi connectivity index (χ1) is 14.8. The van der Waals surface area contributed by atoms with Gasteiger partial charge in [0.1, 0.15) is 11.9 Å². The van der Waals surface area contributed by atoms with Crippen molar-refractivity contribution in [2.45, 2.75) is 82.8 Å². The van der Waals surface area contributed by atoms with Crippen LogP contribution in [-0.4, -0.2) is 30.0 Å². The molecule has 5 heteroatoms. The van der Waals surface area contributed by atoms with Crippen molar-refractivity contribution in [2.24, 2.45) is 34.5 Å². The number of hydrogen-bond donors (Lipinski definition) is 0. The summed E-state index contributed by atoms with van der Waals surface area (Å²) in [6, 6.07) is 8.64. The van der Waals surface area contributed by atoms with Crippen LogP contribution in [0.4, 0.5) is 0 Å². The lowest BCUT2D eigenvalue weighted by Crippen LogP contribution is -2.63. The van der Waals surface area contributed by atoms with Crippen LogP contribution in [0.15, 0.2) is 29.2 Å². The van der Waals surface area contributed by atoms with Gasteiger partial charge in [-0.15, -0.1) is 0 Å². The topological polar surface area (TPSA) is 29.5 Å². The monoisotopic (exact) mass is 461 g/mol. The summed E-state index contributed by atoms with van der Waals surface area (Å²) in [5, 5.41) is 0. The van der Waals surface area contributed by atoms with Crippen LogP contribution in [0.3, 0.4) is 0 Å². The first-order valence-electron chi connectivity index (χ1n) is 12.1. The van der Waals surface area contributed by atoms with E-state index in [1.54, 1.807) is 0 Å². The maximum absolute atomic E-state index is 12.4. The molecule has 4 fully saturated rings. The van der Waals surface area contributed by atoms with Crippen molar-refractivity contribution in [3.8, 4) is 5.75 Å². The lowest BCUT2D eigenvalue weighted by atomic mass is 9.45. The second kappa shape index (κ2) is 7.87. The molecule has 31 heavy (non-hydrogen) atoms. The molecule has 1 amide bonds. The van der Waals surface area contributed by atoms with Crippen LogP contribution in [0.5, 0.6) is 5.75 Å². The molecule has 8 atom stereocenters. The fraction of sp³-hybridized carbons (Fsp3) is 0.731. The van der Waals surface area contributed by atoms with Gasteiger partial charge in [0.25, 0.3) is 0 Å². The maximum atomic E-state index is 12.4. The Morgan fingerprint density at radius 3 is 2.48 bits per heavy atom. The van der Waals surface area contributed by atoms with Crippen molar-refractivity contribution in [2.75, 3.05) is 7.05 Å². The largest absolute Gasteiger partial charge is 0.490 e. The molecule has 1 aromatic carbocycles. The number of ether oxygens (including phenoxy) is 1. The van der Waals surface area contributed by atoms with Gasteiger partial charge >= 0.3 is 0 Å². The average molecular weight is 462 g/mol. The fourth-order valence-corrected chi connectivity index (χ4v) is 8.89. The van der Waals surface area contributed by atoms with E-state index in [4.69, 9.17) is 15.4 Å². The Labute approximate surface area is 196 Å². The van der Waals surface area contributed by atoms with Crippen LogP contribution in [0, 0.1) is 34.5 Å². The highest BCUT2D eigenvalue weighted by atomic mass is 35.7. The molecule has 3 saturated carbocycles. The van der Waals surface area contributed by atoms with Crippen molar-refractivity contribution in [3.05, 3.63) is 24.3 Å². The lowest BCUT2D eigenvalue weighted by molar-refractivity contribution is -0.168. The van der Waals surface area contributed by atoms with E-state index in [-0.39, 0.29) is 10.8 Å². The standard InChI is InChI=1S/C26H36ClNO2S/c1-16-15-21-25(2,14-12-23(29)28(21)4)20-11-13-26(3)19(24(16)20)9-10-22(26)30-17-5-7-18(31-27)8-6-17/h5-8,16,19-22,24H,9-15H2,1-4H3/t16?,19-,20+,21?,22?,24-,25+,26-/m0/s1. The van der Waals surface area contributed by atoms with E-state index in [1.165, 1.54) is 30.2 Å². The van der Waals surface area contributed by atoms with Gasteiger partial charge in [-0.25, -0.2) is 0 Å². The second-order valence-corrected chi connectivity index (χ2v) is 12.4. The Hall–Kier alpha value is -0.870. The minimum Gasteiger partial charge on any atom is -0.490 e. The third kappa shape index (κ3) is 3.34. The van der Waals surface area contributed by atoms with Crippen LogP contribution in [0.2, 0.25) is 0 Å². The van der Waals surface area contributed by atoms with Gasteiger partial charge in [-0.05, 0) is 114 Å². The molecule has 4 aliphatic rings.